The summed E-state index contributed by atoms with van der Waals surface area (Å²) in [4.78, 5) is 0. The Balaban J connectivity index is 2.05. The van der Waals surface area contributed by atoms with Crippen molar-refractivity contribution in [1.82, 2.24) is 9.88 Å². The molecule has 1 aliphatic heterocycles. The van der Waals surface area contributed by atoms with Gasteiger partial charge in [0.1, 0.15) is 0 Å². The summed E-state index contributed by atoms with van der Waals surface area (Å²) >= 11 is 0. The molecule has 2 nitrogen and oxygen atoms in total. The van der Waals surface area contributed by atoms with Crippen LogP contribution in [0.1, 0.15) is 24.5 Å². The Morgan fingerprint density at radius 1 is 1.19 bits per heavy atom. The van der Waals surface area contributed by atoms with Crippen LogP contribution in [0, 0.1) is 0 Å². The Morgan fingerprint density at radius 3 is 2.69 bits per heavy atom. The molecular weight excluding hydrogens is 196 g/mol. The van der Waals surface area contributed by atoms with Crippen LogP contribution in [0.2, 0.25) is 0 Å². The van der Waals surface area contributed by atoms with Gasteiger partial charge >= 0.3 is 0 Å². The van der Waals surface area contributed by atoms with Gasteiger partial charge in [-0.3, -0.25) is 0 Å². The second kappa shape index (κ2) is 3.95. The number of hydrogen-bond donors (Lipinski definition) is 1. The molecule has 2 heterocycles. The summed E-state index contributed by atoms with van der Waals surface area (Å²) in [6, 6.07) is 11.0. The average molecular weight is 214 g/mol. The molecule has 1 aromatic carbocycles. The maximum Gasteiger partial charge on any atom is 0.0479 e. The van der Waals surface area contributed by atoms with Crippen LogP contribution in [0.4, 0.5) is 0 Å². The Labute approximate surface area is 96.3 Å². The topological polar surface area (TPSA) is 17.0 Å². The zero-order chi connectivity index (χ0) is 11.0. The van der Waals surface area contributed by atoms with Crippen LogP contribution in [0.5, 0.6) is 0 Å². The molecule has 0 unspecified atom stereocenters. The molecule has 2 heteroatoms. The zero-order valence-electron chi connectivity index (χ0n) is 9.74. The summed E-state index contributed by atoms with van der Waals surface area (Å²) in [6.45, 7) is 2.32. The first-order valence-electron chi connectivity index (χ1n) is 6.11. The fourth-order valence-electron chi connectivity index (χ4n) is 2.82. The molecule has 1 fully saturated rings. The number of nitrogens with zero attached hydrogens (tertiary/aromatic N) is 1. The molecule has 0 aliphatic carbocycles. The van der Waals surface area contributed by atoms with Crippen LogP contribution in [0.25, 0.3) is 10.9 Å². The van der Waals surface area contributed by atoms with E-state index in [2.05, 4.69) is 47.3 Å². The van der Waals surface area contributed by atoms with Gasteiger partial charge in [0.05, 0.1) is 0 Å². The lowest BCUT2D eigenvalue weighted by atomic mass is 9.94. The number of para-hydroxylation sites is 1. The number of fused-ring (bicyclic) bond motifs is 1. The van der Waals surface area contributed by atoms with Crippen molar-refractivity contribution in [3.63, 3.8) is 0 Å². The van der Waals surface area contributed by atoms with Crippen LogP contribution < -0.4 is 5.32 Å². The van der Waals surface area contributed by atoms with Crippen molar-refractivity contribution < 1.29 is 0 Å². The van der Waals surface area contributed by atoms with E-state index >= 15 is 0 Å². The van der Waals surface area contributed by atoms with Crippen LogP contribution in [0.15, 0.2) is 30.3 Å². The third-order valence-electron chi connectivity index (χ3n) is 3.75. The van der Waals surface area contributed by atoms with Crippen molar-refractivity contribution in [3.8, 4) is 0 Å². The molecule has 1 saturated heterocycles. The molecule has 84 valence electrons. The van der Waals surface area contributed by atoms with Crippen molar-refractivity contribution in [3.05, 3.63) is 36.0 Å². The van der Waals surface area contributed by atoms with Gasteiger partial charge in [-0.15, -0.1) is 0 Å². The van der Waals surface area contributed by atoms with Crippen LogP contribution >= 0.6 is 0 Å². The summed E-state index contributed by atoms with van der Waals surface area (Å²) in [6.07, 6.45) is 2.54. The monoisotopic (exact) mass is 214 g/mol. The third-order valence-corrected chi connectivity index (χ3v) is 3.75. The van der Waals surface area contributed by atoms with Crippen molar-refractivity contribution in [2.24, 2.45) is 7.05 Å². The predicted molar refractivity (Wildman–Crippen MR) is 67.8 cm³/mol. The van der Waals surface area contributed by atoms with Crippen LogP contribution in [-0.2, 0) is 7.05 Å². The normalized spacial score (nSPS) is 18.1. The first-order valence-corrected chi connectivity index (χ1v) is 6.11. The van der Waals surface area contributed by atoms with Gasteiger partial charge < -0.3 is 9.88 Å². The van der Waals surface area contributed by atoms with E-state index in [-0.39, 0.29) is 0 Å². The Morgan fingerprint density at radius 2 is 1.94 bits per heavy atom. The van der Waals surface area contributed by atoms with E-state index in [0.29, 0.717) is 0 Å². The SMILES string of the molecule is Cn1c(C2CCNCC2)cc2ccccc21. The van der Waals surface area contributed by atoms with Gasteiger partial charge in [0, 0.05) is 24.2 Å². The lowest BCUT2D eigenvalue weighted by Gasteiger charge is -2.23. The third kappa shape index (κ3) is 1.54. The molecule has 0 atom stereocenters. The van der Waals surface area contributed by atoms with Gasteiger partial charge in [-0.1, -0.05) is 18.2 Å². The first kappa shape index (κ1) is 9.91. The molecule has 0 bridgehead atoms. The maximum absolute atomic E-state index is 3.43. The van der Waals surface area contributed by atoms with E-state index in [1.165, 1.54) is 29.4 Å². The zero-order valence-corrected chi connectivity index (χ0v) is 9.74. The fourth-order valence-corrected chi connectivity index (χ4v) is 2.82. The number of hydrogen-bond acceptors (Lipinski definition) is 1. The van der Waals surface area contributed by atoms with Gasteiger partial charge in [-0.05, 0) is 43.5 Å². The summed E-state index contributed by atoms with van der Waals surface area (Å²) in [5.74, 6) is 0.735. The summed E-state index contributed by atoms with van der Waals surface area (Å²) in [5, 5.41) is 4.80. The molecule has 0 spiro atoms. The number of aromatic nitrogens is 1. The van der Waals surface area contributed by atoms with Crippen molar-refractivity contribution >= 4 is 10.9 Å². The minimum absolute atomic E-state index is 0.735. The summed E-state index contributed by atoms with van der Waals surface area (Å²) < 4.78 is 2.37. The van der Waals surface area contributed by atoms with Crippen LogP contribution in [0.3, 0.4) is 0 Å². The number of aryl methyl sites for hydroxylation is 1. The average Bonchev–Trinajstić information content (AvgIpc) is 2.69. The van der Waals surface area contributed by atoms with Crippen molar-refractivity contribution in [2.45, 2.75) is 18.8 Å². The highest BCUT2D eigenvalue weighted by Gasteiger charge is 2.18. The smallest absolute Gasteiger partial charge is 0.0479 e. The molecule has 0 radical (unpaired) electrons. The Kier molecular flexibility index (Phi) is 2.44. The van der Waals surface area contributed by atoms with E-state index in [9.17, 15) is 0 Å². The minimum Gasteiger partial charge on any atom is -0.347 e. The highest BCUT2D eigenvalue weighted by atomic mass is 15.0. The molecular formula is C14H18N2. The number of benzene rings is 1. The van der Waals surface area contributed by atoms with E-state index in [1.54, 1.807) is 0 Å². The molecule has 0 amide bonds. The summed E-state index contributed by atoms with van der Waals surface area (Å²) in [5.41, 5.74) is 2.86. The van der Waals surface area contributed by atoms with Gasteiger partial charge in [-0.25, -0.2) is 0 Å². The quantitative estimate of drug-likeness (QED) is 0.772. The maximum atomic E-state index is 3.43. The van der Waals surface area contributed by atoms with E-state index in [0.717, 1.165) is 19.0 Å². The number of rotatable bonds is 1. The largest absolute Gasteiger partial charge is 0.347 e. The number of piperidine rings is 1. The Bertz CT molecular complexity index is 492. The lowest BCUT2D eigenvalue weighted by molar-refractivity contribution is 0.447. The number of nitrogens with one attached hydrogen (secondary N) is 1. The molecule has 3 rings (SSSR count). The second-order valence-corrected chi connectivity index (χ2v) is 4.71. The van der Waals surface area contributed by atoms with Crippen molar-refractivity contribution in [2.75, 3.05) is 13.1 Å². The highest BCUT2D eigenvalue weighted by Crippen LogP contribution is 2.29. The molecule has 1 aromatic heterocycles. The lowest BCUT2D eigenvalue weighted by Crippen LogP contribution is -2.27. The standard InChI is InChI=1S/C14H18N2/c1-16-13-5-3-2-4-12(13)10-14(16)11-6-8-15-9-7-11/h2-5,10-11,15H,6-9H2,1H3. The second-order valence-electron chi connectivity index (χ2n) is 4.71. The van der Waals surface area contributed by atoms with E-state index in [1.807, 2.05) is 0 Å². The molecule has 16 heavy (non-hydrogen) atoms. The minimum atomic E-state index is 0.735. The highest BCUT2D eigenvalue weighted by molar-refractivity contribution is 5.81. The summed E-state index contributed by atoms with van der Waals surface area (Å²) in [7, 11) is 2.19. The fraction of sp³-hybridized carbons (Fsp3) is 0.429. The molecule has 2 aromatic rings. The molecule has 1 aliphatic rings. The first-order chi connectivity index (χ1) is 7.86. The molecule has 0 saturated carbocycles. The Hall–Kier alpha value is -1.28. The molecule has 1 N–H and O–H groups in total. The van der Waals surface area contributed by atoms with E-state index in [4.69, 9.17) is 0 Å². The van der Waals surface area contributed by atoms with Gasteiger partial charge in [-0.2, -0.15) is 0 Å². The van der Waals surface area contributed by atoms with Gasteiger partial charge in [0.2, 0.25) is 0 Å². The van der Waals surface area contributed by atoms with Gasteiger partial charge in [0.15, 0.2) is 0 Å². The van der Waals surface area contributed by atoms with Crippen molar-refractivity contribution in [1.29, 1.82) is 0 Å². The predicted octanol–water partition coefficient (Wildman–Crippen LogP) is 2.65. The van der Waals surface area contributed by atoms with Gasteiger partial charge in [0.25, 0.3) is 0 Å². The van der Waals surface area contributed by atoms with Crippen LogP contribution in [-0.4, -0.2) is 17.7 Å². The van der Waals surface area contributed by atoms with E-state index < -0.39 is 0 Å².